The van der Waals surface area contributed by atoms with Gasteiger partial charge >= 0.3 is 0 Å². The second-order valence-electron chi connectivity index (χ2n) is 5.38. The second-order valence-corrected chi connectivity index (χ2v) is 7.60. The van der Waals surface area contributed by atoms with Gasteiger partial charge in [-0.15, -0.1) is 0 Å². The molecule has 1 aromatic heterocycles. The smallest absolute Gasteiger partial charge is 0.223 e. The quantitative estimate of drug-likeness (QED) is 0.752. The van der Waals surface area contributed by atoms with E-state index in [-0.39, 0.29) is 11.7 Å². The monoisotopic (exact) mass is 303 g/mol. The van der Waals surface area contributed by atoms with Crippen LogP contribution >= 0.6 is 0 Å². The molecule has 0 unspecified atom stereocenters. The molecule has 1 aliphatic heterocycles. The van der Waals surface area contributed by atoms with Gasteiger partial charge < -0.3 is 10.0 Å². The summed E-state index contributed by atoms with van der Waals surface area (Å²) in [6, 6.07) is 0. The van der Waals surface area contributed by atoms with Crippen LogP contribution in [0.2, 0.25) is 0 Å². The van der Waals surface area contributed by atoms with Gasteiger partial charge in [0.15, 0.2) is 0 Å². The number of β-amino-alcohol motifs (C(OH)–C–C–N with tert-alkyl or cyclic N) is 1. The van der Waals surface area contributed by atoms with Gasteiger partial charge in [-0.05, 0) is 6.92 Å². The van der Waals surface area contributed by atoms with Crippen molar-refractivity contribution in [3.05, 3.63) is 5.82 Å². The Bertz CT molecular complexity index is 583. The Kier molecular flexibility index (Phi) is 4.03. The van der Waals surface area contributed by atoms with Crippen molar-refractivity contribution < 1.29 is 13.5 Å². The molecule has 1 saturated heterocycles. The summed E-state index contributed by atoms with van der Waals surface area (Å²) < 4.78 is 26.7. The van der Waals surface area contributed by atoms with Crippen LogP contribution in [0.1, 0.15) is 5.82 Å². The fraction of sp³-hybridized carbons (Fsp3) is 0.818. The van der Waals surface area contributed by atoms with Gasteiger partial charge in [0.05, 0.1) is 11.9 Å². The highest BCUT2D eigenvalue weighted by molar-refractivity contribution is 7.89. The first-order valence-electron chi connectivity index (χ1n) is 6.41. The SMILES string of the molecule is Cc1nc(N2C[C@@H](CS(=O)(=O)N(C)C)[C@@H](O)C2)n(C)n1. The number of aliphatic hydroxyl groups is 1. The molecule has 9 heteroatoms. The summed E-state index contributed by atoms with van der Waals surface area (Å²) in [4.78, 5) is 6.18. The highest BCUT2D eigenvalue weighted by Gasteiger charge is 2.36. The van der Waals surface area contributed by atoms with Crippen molar-refractivity contribution in [1.82, 2.24) is 19.1 Å². The van der Waals surface area contributed by atoms with E-state index in [1.807, 2.05) is 4.90 Å². The summed E-state index contributed by atoms with van der Waals surface area (Å²) >= 11 is 0. The van der Waals surface area contributed by atoms with E-state index in [1.165, 1.54) is 18.4 Å². The lowest BCUT2D eigenvalue weighted by Crippen LogP contribution is -2.33. The Morgan fingerprint density at radius 2 is 2.05 bits per heavy atom. The number of sulfonamides is 1. The van der Waals surface area contributed by atoms with Gasteiger partial charge in [-0.3, -0.25) is 0 Å². The molecule has 0 radical (unpaired) electrons. The first-order valence-corrected chi connectivity index (χ1v) is 8.02. The minimum Gasteiger partial charge on any atom is -0.391 e. The zero-order chi connectivity index (χ0) is 15.1. The van der Waals surface area contributed by atoms with E-state index in [9.17, 15) is 13.5 Å². The van der Waals surface area contributed by atoms with E-state index in [2.05, 4.69) is 10.1 Å². The minimum absolute atomic E-state index is 0.0610. The molecule has 0 amide bonds. The first-order chi connectivity index (χ1) is 9.20. The van der Waals surface area contributed by atoms with Gasteiger partial charge in [0.1, 0.15) is 5.82 Å². The zero-order valence-corrected chi connectivity index (χ0v) is 13.0. The molecule has 1 N–H and O–H groups in total. The Hall–Kier alpha value is -1.19. The van der Waals surface area contributed by atoms with Crippen molar-refractivity contribution >= 4 is 16.0 Å². The van der Waals surface area contributed by atoms with Crippen LogP contribution in [-0.4, -0.2) is 71.6 Å². The molecule has 1 aliphatic rings. The average Bonchev–Trinajstić information content (AvgIpc) is 2.82. The number of anilines is 1. The summed E-state index contributed by atoms with van der Waals surface area (Å²) in [7, 11) is 1.46. The molecular weight excluding hydrogens is 282 g/mol. The van der Waals surface area contributed by atoms with Gasteiger partial charge in [-0.25, -0.2) is 17.4 Å². The number of rotatable bonds is 4. The third kappa shape index (κ3) is 2.94. The second kappa shape index (κ2) is 5.30. The highest BCUT2D eigenvalue weighted by Crippen LogP contribution is 2.24. The van der Waals surface area contributed by atoms with E-state index in [0.717, 1.165) is 0 Å². The molecule has 2 rings (SSSR count). The summed E-state index contributed by atoms with van der Waals surface area (Å²) in [5.41, 5.74) is 0. The van der Waals surface area contributed by atoms with Gasteiger partial charge in [0.2, 0.25) is 16.0 Å². The topological polar surface area (TPSA) is 91.6 Å². The van der Waals surface area contributed by atoms with Crippen LogP contribution in [0.5, 0.6) is 0 Å². The minimum atomic E-state index is -3.32. The van der Waals surface area contributed by atoms with Gasteiger partial charge in [0, 0.05) is 40.2 Å². The van der Waals surface area contributed by atoms with Crippen LogP contribution in [0, 0.1) is 12.8 Å². The van der Waals surface area contributed by atoms with Crippen molar-refractivity contribution in [1.29, 1.82) is 0 Å². The summed E-state index contributed by atoms with van der Waals surface area (Å²) in [6.07, 6.45) is -0.679. The molecule has 0 spiro atoms. The molecule has 0 bridgehead atoms. The maximum absolute atomic E-state index is 11.9. The Labute approximate surface area is 119 Å². The van der Waals surface area contributed by atoms with Crippen LogP contribution in [0.3, 0.4) is 0 Å². The van der Waals surface area contributed by atoms with E-state index >= 15 is 0 Å². The molecular formula is C11H21N5O3S. The first kappa shape index (κ1) is 15.2. The summed E-state index contributed by atoms with van der Waals surface area (Å²) in [5, 5.41) is 14.2. The Morgan fingerprint density at radius 3 is 2.55 bits per heavy atom. The van der Waals surface area contributed by atoms with Crippen molar-refractivity contribution in [2.24, 2.45) is 13.0 Å². The molecule has 1 aromatic rings. The lowest BCUT2D eigenvalue weighted by molar-refractivity contribution is 0.157. The lowest BCUT2D eigenvalue weighted by atomic mass is 10.1. The molecule has 1 fully saturated rings. The zero-order valence-electron chi connectivity index (χ0n) is 12.2. The highest BCUT2D eigenvalue weighted by atomic mass is 32.2. The lowest BCUT2D eigenvalue weighted by Gasteiger charge is -2.18. The summed E-state index contributed by atoms with van der Waals surface area (Å²) in [5.74, 6) is 0.932. The molecule has 2 atom stereocenters. The van der Waals surface area contributed by atoms with Crippen LogP contribution in [-0.2, 0) is 17.1 Å². The van der Waals surface area contributed by atoms with Crippen molar-refractivity contribution in [3.63, 3.8) is 0 Å². The van der Waals surface area contributed by atoms with Crippen LogP contribution in [0.4, 0.5) is 5.95 Å². The Balaban J connectivity index is 2.12. The number of aliphatic hydroxyl groups excluding tert-OH is 1. The Morgan fingerprint density at radius 1 is 1.40 bits per heavy atom. The van der Waals surface area contributed by atoms with Crippen molar-refractivity contribution in [3.8, 4) is 0 Å². The number of hydrogen-bond acceptors (Lipinski definition) is 6. The average molecular weight is 303 g/mol. The van der Waals surface area contributed by atoms with E-state index < -0.39 is 16.1 Å². The van der Waals surface area contributed by atoms with Crippen LogP contribution in [0.25, 0.3) is 0 Å². The van der Waals surface area contributed by atoms with Crippen molar-refractivity contribution in [2.45, 2.75) is 13.0 Å². The van der Waals surface area contributed by atoms with Gasteiger partial charge in [-0.2, -0.15) is 10.1 Å². The molecule has 20 heavy (non-hydrogen) atoms. The molecule has 2 heterocycles. The van der Waals surface area contributed by atoms with Gasteiger partial charge in [-0.1, -0.05) is 0 Å². The molecule has 8 nitrogen and oxygen atoms in total. The van der Waals surface area contributed by atoms with E-state index in [4.69, 9.17) is 0 Å². The number of nitrogens with zero attached hydrogens (tertiary/aromatic N) is 5. The molecule has 114 valence electrons. The van der Waals surface area contributed by atoms with Crippen LogP contribution in [0.15, 0.2) is 0 Å². The van der Waals surface area contributed by atoms with Crippen LogP contribution < -0.4 is 4.90 Å². The normalized spacial score (nSPS) is 23.8. The maximum Gasteiger partial charge on any atom is 0.223 e. The molecule has 0 aliphatic carbocycles. The maximum atomic E-state index is 11.9. The predicted molar refractivity (Wildman–Crippen MR) is 74.9 cm³/mol. The predicted octanol–water partition coefficient (Wildman–Crippen LogP) is -1.19. The fourth-order valence-corrected chi connectivity index (χ4v) is 3.54. The summed E-state index contributed by atoms with van der Waals surface area (Å²) in [6.45, 7) is 2.63. The number of aryl methyl sites for hydroxylation is 2. The van der Waals surface area contributed by atoms with E-state index in [1.54, 1.807) is 18.7 Å². The molecule has 0 saturated carbocycles. The standard InChI is InChI=1S/C11H21N5O3S/c1-8-12-11(15(4)13-8)16-5-9(10(17)6-16)7-20(18,19)14(2)3/h9-10,17H,5-7H2,1-4H3/t9-,10-/m0/s1. The number of hydrogen-bond donors (Lipinski definition) is 1. The fourth-order valence-electron chi connectivity index (χ4n) is 2.38. The van der Waals surface area contributed by atoms with Gasteiger partial charge in [0.25, 0.3) is 0 Å². The third-order valence-electron chi connectivity index (χ3n) is 3.52. The van der Waals surface area contributed by atoms with E-state index in [0.29, 0.717) is 24.9 Å². The largest absolute Gasteiger partial charge is 0.391 e. The third-order valence-corrected chi connectivity index (χ3v) is 5.48. The van der Waals surface area contributed by atoms with Crippen molar-refractivity contribution in [2.75, 3.05) is 37.8 Å². The number of aromatic nitrogens is 3. The molecule has 0 aromatic carbocycles.